The molecule has 0 bridgehead atoms. The van der Waals surface area contributed by atoms with Crippen molar-refractivity contribution >= 4 is 24.0 Å². The van der Waals surface area contributed by atoms with Crippen LogP contribution in [0.3, 0.4) is 0 Å². The zero-order valence-corrected chi connectivity index (χ0v) is 12.0. The Morgan fingerprint density at radius 2 is 1.81 bits per heavy atom. The van der Waals surface area contributed by atoms with Crippen LogP contribution in [0.2, 0.25) is 0 Å². The number of aliphatic hydroxyl groups excluding tert-OH is 2. The summed E-state index contributed by atoms with van der Waals surface area (Å²) in [5.41, 5.74) is 0.912. The first kappa shape index (κ1) is 15.8. The van der Waals surface area contributed by atoms with Crippen molar-refractivity contribution in [1.82, 2.24) is 4.90 Å². The molecule has 2 N–H and O–H groups in total. The summed E-state index contributed by atoms with van der Waals surface area (Å²) in [6.45, 7) is 2.64. The Kier molecular flexibility index (Phi) is 7.91. The van der Waals surface area contributed by atoms with Crippen molar-refractivity contribution in [3.63, 3.8) is 0 Å². The van der Waals surface area contributed by atoms with E-state index in [2.05, 4.69) is 0 Å². The van der Waals surface area contributed by atoms with Gasteiger partial charge in [0, 0.05) is 12.6 Å². The number of aliphatic hydroxyl groups is 2. The van der Waals surface area contributed by atoms with Crippen molar-refractivity contribution in [2.24, 2.45) is 0 Å². The zero-order chi connectivity index (χ0) is 11.3. The molecule has 0 aliphatic heterocycles. The van der Waals surface area contributed by atoms with Gasteiger partial charge < -0.3 is 10.2 Å². The molecule has 92 valence electrons. The van der Waals surface area contributed by atoms with Gasteiger partial charge in [0.15, 0.2) is 0 Å². The Labute approximate surface area is 114 Å². The van der Waals surface area contributed by atoms with Crippen LogP contribution in [0.5, 0.6) is 0 Å². The molecular weight excluding hydrogens is 317 g/mol. The van der Waals surface area contributed by atoms with Crippen molar-refractivity contribution in [3.05, 3.63) is 35.9 Å². The molecule has 0 unspecified atom stereocenters. The van der Waals surface area contributed by atoms with Crippen LogP contribution in [0.1, 0.15) is 18.6 Å². The lowest BCUT2D eigenvalue weighted by Crippen LogP contribution is -2.36. The predicted molar refractivity (Wildman–Crippen MR) is 76.0 cm³/mol. The summed E-state index contributed by atoms with van der Waals surface area (Å²) in [4.78, 5) is 1.94. The first-order chi connectivity index (χ1) is 7.16. The molecule has 0 radical (unpaired) electrons. The lowest BCUT2D eigenvalue weighted by Gasteiger charge is -2.28. The molecule has 16 heavy (non-hydrogen) atoms. The standard InChI is InChI=1S/C12H19NO2.HI/c1-10(13(2)8-9-14)12(15)11-6-4-3-5-7-11;/h3-7,10,12,14-15H,8-9H2,1-2H3;1H/t10-,12-;/m0./s1. The quantitative estimate of drug-likeness (QED) is 0.803. The number of halogens is 1. The molecule has 0 saturated carbocycles. The second-order valence-electron chi connectivity index (χ2n) is 3.80. The minimum absolute atomic E-state index is 0. The highest BCUT2D eigenvalue weighted by atomic mass is 127. The molecule has 3 nitrogen and oxygen atoms in total. The average Bonchev–Trinajstić information content (AvgIpc) is 2.28. The molecule has 0 fully saturated rings. The summed E-state index contributed by atoms with van der Waals surface area (Å²) in [7, 11) is 1.90. The van der Waals surface area contributed by atoms with E-state index in [1.165, 1.54) is 0 Å². The molecule has 0 spiro atoms. The van der Waals surface area contributed by atoms with Crippen LogP contribution in [0, 0.1) is 0 Å². The highest BCUT2D eigenvalue weighted by molar-refractivity contribution is 14.0. The zero-order valence-electron chi connectivity index (χ0n) is 9.71. The van der Waals surface area contributed by atoms with E-state index >= 15 is 0 Å². The topological polar surface area (TPSA) is 43.7 Å². The summed E-state index contributed by atoms with van der Waals surface area (Å²) in [6, 6.07) is 9.58. The third kappa shape index (κ3) is 4.37. The lowest BCUT2D eigenvalue weighted by molar-refractivity contribution is 0.0632. The highest BCUT2D eigenvalue weighted by Gasteiger charge is 2.19. The molecule has 2 atom stereocenters. The Morgan fingerprint density at radius 1 is 1.25 bits per heavy atom. The molecule has 0 amide bonds. The Hall–Kier alpha value is -0.170. The van der Waals surface area contributed by atoms with E-state index in [9.17, 15) is 5.11 Å². The van der Waals surface area contributed by atoms with Gasteiger partial charge in [0.25, 0.3) is 0 Å². The van der Waals surface area contributed by atoms with E-state index in [1.54, 1.807) is 0 Å². The second kappa shape index (κ2) is 8.00. The SMILES string of the molecule is C[C@@H]([C@H](O)c1ccccc1)N(C)CCO.I. The highest BCUT2D eigenvalue weighted by Crippen LogP contribution is 2.19. The molecule has 4 heteroatoms. The minimum Gasteiger partial charge on any atom is -0.395 e. The van der Waals surface area contributed by atoms with Crippen LogP contribution in [-0.4, -0.2) is 41.4 Å². The van der Waals surface area contributed by atoms with Gasteiger partial charge in [-0.05, 0) is 19.5 Å². The maximum atomic E-state index is 10.1. The normalized spacial score (nSPS) is 14.3. The molecule has 0 heterocycles. The molecule has 0 aromatic heterocycles. The number of hydrogen-bond acceptors (Lipinski definition) is 3. The van der Waals surface area contributed by atoms with Crippen LogP contribution < -0.4 is 0 Å². The van der Waals surface area contributed by atoms with Crippen LogP contribution in [0.15, 0.2) is 30.3 Å². The van der Waals surface area contributed by atoms with Gasteiger partial charge in [0.05, 0.1) is 12.7 Å². The van der Waals surface area contributed by atoms with Gasteiger partial charge in [0.1, 0.15) is 0 Å². The predicted octanol–water partition coefficient (Wildman–Crippen LogP) is 1.65. The van der Waals surface area contributed by atoms with Crippen LogP contribution in [0.25, 0.3) is 0 Å². The van der Waals surface area contributed by atoms with Crippen molar-refractivity contribution in [2.45, 2.75) is 19.1 Å². The smallest absolute Gasteiger partial charge is 0.0942 e. The fraction of sp³-hybridized carbons (Fsp3) is 0.500. The van der Waals surface area contributed by atoms with Crippen molar-refractivity contribution in [1.29, 1.82) is 0 Å². The van der Waals surface area contributed by atoms with E-state index in [0.717, 1.165) is 5.56 Å². The largest absolute Gasteiger partial charge is 0.395 e. The van der Waals surface area contributed by atoms with E-state index in [-0.39, 0.29) is 36.6 Å². The number of benzene rings is 1. The van der Waals surface area contributed by atoms with E-state index in [4.69, 9.17) is 5.11 Å². The van der Waals surface area contributed by atoms with Gasteiger partial charge in [-0.3, -0.25) is 4.90 Å². The molecule has 0 saturated heterocycles. The number of nitrogens with zero attached hydrogens (tertiary/aromatic N) is 1. The number of hydrogen-bond donors (Lipinski definition) is 2. The summed E-state index contributed by atoms with van der Waals surface area (Å²) >= 11 is 0. The van der Waals surface area contributed by atoms with Crippen molar-refractivity contribution < 1.29 is 10.2 Å². The fourth-order valence-corrected chi connectivity index (χ4v) is 1.53. The number of rotatable bonds is 5. The molecule has 1 rings (SSSR count). The maximum absolute atomic E-state index is 10.1. The van der Waals surface area contributed by atoms with Crippen molar-refractivity contribution in [3.8, 4) is 0 Å². The molecule has 0 aliphatic rings. The van der Waals surface area contributed by atoms with Gasteiger partial charge >= 0.3 is 0 Å². The summed E-state index contributed by atoms with van der Waals surface area (Å²) in [5.74, 6) is 0. The Bertz CT molecular complexity index is 282. The van der Waals surface area contributed by atoms with Gasteiger partial charge in [0.2, 0.25) is 0 Å². The van der Waals surface area contributed by atoms with Crippen LogP contribution >= 0.6 is 24.0 Å². The Morgan fingerprint density at radius 3 is 2.31 bits per heavy atom. The van der Waals surface area contributed by atoms with Gasteiger partial charge in [-0.25, -0.2) is 0 Å². The minimum atomic E-state index is -0.511. The van der Waals surface area contributed by atoms with Crippen LogP contribution in [0.4, 0.5) is 0 Å². The molecular formula is C12H20INO2. The van der Waals surface area contributed by atoms with Crippen molar-refractivity contribution in [2.75, 3.05) is 20.2 Å². The van der Waals surface area contributed by atoms with Crippen LogP contribution in [-0.2, 0) is 0 Å². The first-order valence-electron chi connectivity index (χ1n) is 5.21. The summed E-state index contributed by atoms with van der Waals surface area (Å²) in [6.07, 6.45) is -0.511. The molecule has 1 aromatic carbocycles. The van der Waals surface area contributed by atoms with E-state index in [0.29, 0.717) is 6.54 Å². The van der Waals surface area contributed by atoms with Gasteiger partial charge in [-0.2, -0.15) is 0 Å². The maximum Gasteiger partial charge on any atom is 0.0942 e. The average molecular weight is 337 g/mol. The fourth-order valence-electron chi connectivity index (χ4n) is 1.53. The number of likely N-dealkylation sites (N-methyl/N-ethyl adjacent to an activating group) is 1. The van der Waals surface area contributed by atoms with E-state index < -0.39 is 6.10 Å². The summed E-state index contributed by atoms with van der Waals surface area (Å²) in [5, 5.41) is 18.9. The third-order valence-electron chi connectivity index (χ3n) is 2.75. The first-order valence-corrected chi connectivity index (χ1v) is 5.21. The van der Waals surface area contributed by atoms with Gasteiger partial charge in [-0.1, -0.05) is 30.3 Å². The molecule has 0 aliphatic carbocycles. The second-order valence-corrected chi connectivity index (χ2v) is 3.80. The van der Waals surface area contributed by atoms with E-state index in [1.807, 2.05) is 49.2 Å². The third-order valence-corrected chi connectivity index (χ3v) is 2.75. The molecule has 1 aromatic rings. The lowest BCUT2D eigenvalue weighted by atomic mass is 10.0. The monoisotopic (exact) mass is 337 g/mol. The Balaban J connectivity index is 0.00000225. The van der Waals surface area contributed by atoms with Gasteiger partial charge in [-0.15, -0.1) is 24.0 Å². The summed E-state index contributed by atoms with van der Waals surface area (Å²) < 4.78 is 0.